The normalized spacial score (nSPS) is 11.4. The Morgan fingerprint density at radius 3 is 2.39 bits per heavy atom. The highest BCUT2D eigenvalue weighted by atomic mass is 16.6. The lowest BCUT2D eigenvalue weighted by Gasteiger charge is -2.19. The lowest BCUT2D eigenvalue weighted by Crippen LogP contribution is -2.32. The minimum Gasteiger partial charge on any atom is -0.494 e. The number of nitrogens with one attached hydrogen (secondary N) is 1. The summed E-state index contributed by atoms with van der Waals surface area (Å²) in [7, 11) is 4.13. The summed E-state index contributed by atoms with van der Waals surface area (Å²) < 4.78 is 11.1. The second-order valence-corrected chi connectivity index (χ2v) is 8.09. The van der Waals surface area contributed by atoms with Gasteiger partial charge in [0.15, 0.2) is 0 Å². The predicted octanol–water partition coefficient (Wildman–Crippen LogP) is 4.71. The fourth-order valence-electron chi connectivity index (χ4n) is 2.64. The number of nitrogens with zero attached hydrogens (tertiary/aromatic N) is 1. The van der Waals surface area contributed by atoms with Crippen LogP contribution < -0.4 is 10.1 Å². The summed E-state index contributed by atoms with van der Waals surface area (Å²) >= 11 is 0. The molecule has 0 unspecified atom stereocenters. The van der Waals surface area contributed by atoms with Crippen molar-refractivity contribution in [2.24, 2.45) is 0 Å². The highest BCUT2D eigenvalue weighted by Gasteiger charge is 2.15. The molecule has 28 heavy (non-hydrogen) atoms. The number of amides is 1. The minimum atomic E-state index is -0.493. The summed E-state index contributed by atoms with van der Waals surface area (Å²) in [5, 5.41) is 2.78. The van der Waals surface area contributed by atoms with Crippen LogP contribution in [0.15, 0.2) is 48.5 Å². The first-order valence-electron chi connectivity index (χ1n) is 9.67. The lowest BCUT2D eigenvalue weighted by atomic mass is 10.0. The Morgan fingerprint density at radius 1 is 1.04 bits per heavy atom. The smallest absolute Gasteiger partial charge is 0.407 e. The van der Waals surface area contributed by atoms with Gasteiger partial charge >= 0.3 is 6.09 Å². The number of rotatable bonds is 8. The molecule has 0 spiro atoms. The van der Waals surface area contributed by atoms with Crippen LogP contribution >= 0.6 is 0 Å². The van der Waals surface area contributed by atoms with Crippen LogP contribution in [0.5, 0.6) is 5.75 Å². The molecule has 0 fully saturated rings. The number of carbonyl (C=O) groups is 1. The average molecular weight is 385 g/mol. The molecule has 1 amide bonds. The van der Waals surface area contributed by atoms with Crippen LogP contribution in [0.1, 0.15) is 32.8 Å². The SMILES string of the molecule is CN(C)CCCOc1cccc(-c2ccc(CNC(=O)OC(C)(C)C)cc2)c1. The first-order valence-corrected chi connectivity index (χ1v) is 9.67. The van der Waals surface area contributed by atoms with Gasteiger partial charge in [-0.25, -0.2) is 4.79 Å². The van der Waals surface area contributed by atoms with Crippen molar-refractivity contribution in [1.82, 2.24) is 10.2 Å². The second kappa shape index (κ2) is 10.1. The van der Waals surface area contributed by atoms with Gasteiger partial charge in [0, 0.05) is 13.1 Å². The van der Waals surface area contributed by atoms with Crippen LogP contribution in [-0.2, 0) is 11.3 Å². The van der Waals surface area contributed by atoms with Crippen LogP contribution in [0, 0.1) is 0 Å². The topological polar surface area (TPSA) is 50.8 Å². The molecule has 0 aliphatic rings. The summed E-state index contributed by atoms with van der Waals surface area (Å²) in [4.78, 5) is 13.9. The Kier molecular flexibility index (Phi) is 7.88. The van der Waals surface area contributed by atoms with Gasteiger partial charge < -0.3 is 19.7 Å². The van der Waals surface area contributed by atoms with Gasteiger partial charge in [0.25, 0.3) is 0 Å². The molecule has 0 bridgehead atoms. The maximum absolute atomic E-state index is 11.8. The van der Waals surface area contributed by atoms with E-state index in [1.54, 1.807) is 0 Å². The van der Waals surface area contributed by atoms with Crippen LogP contribution in [0.25, 0.3) is 11.1 Å². The fourth-order valence-corrected chi connectivity index (χ4v) is 2.64. The number of hydrogen-bond acceptors (Lipinski definition) is 4. The van der Waals surface area contributed by atoms with Crippen LogP contribution in [-0.4, -0.2) is 43.8 Å². The van der Waals surface area contributed by atoms with Gasteiger partial charge in [-0.15, -0.1) is 0 Å². The molecule has 0 saturated carbocycles. The zero-order valence-corrected chi connectivity index (χ0v) is 17.6. The van der Waals surface area contributed by atoms with Crippen molar-refractivity contribution in [2.75, 3.05) is 27.2 Å². The molecule has 0 aliphatic carbocycles. The quantitative estimate of drug-likeness (QED) is 0.670. The first-order chi connectivity index (χ1) is 13.2. The number of hydrogen-bond donors (Lipinski definition) is 1. The van der Waals surface area contributed by atoms with Gasteiger partial charge in [0.05, 0.1) is 6.61 Å². The van der Waals surface area contributed by atoms with Gasteiger partial charge in [0.1, 0.15) is 11.4 Å². The molecule has 0 heterocycles. The molecule has 0 radical (unpaired) electrons. The molecule has 0 aromatic heterocycles. The molecule has 0 aliphatic heterocycles. The Hall–Kier alpha value is -2.53. The molecule has 152 valence electrons. The number of alkyl carbamates (subject to hydrolysis) is 1. The Morgan fingerprint density at radius 2 is 1.75 bits per heavy atom. The van der Waals surface area contributed by atoms with Crippen LogP contribution in [0.2, 0.25) is 0 Å². The highest BCUT2D eigenvalue weighted by Crippen LogP contribution is 2.24. The number of ether oxygens (including phenoxy) is 2. The molecule has 1 N–H and O–H groups in total. The maximum atomic E-state index is 11.8. The number of benzene rings is 2. The van der Waals surface area contributed by atoms with Crippen molar-refractivity contribution in [1.29, 1.82) is 0 Å². The largest absolute Gasteiger partial charge is 0.494 e. The first kappa shape index (κ1) is 21.8. The van der Waals surface area contributed by atoms with Crippen molar-refractivity contribution in [2.45, 2.75) is 39.3 Å². The van der Waals surface area contributed by atoms with E-state index in [-0.39, 0.29) is 0 Å². The average Bonchev–Trinajstić information content (AvgIpc) is 2.63. The molecule has 2 rings (SSSR count). The molecule has 5 nitrogen and oxygen atoms in total. The van der Waals surface area contributed by atoms with Crippen LogP contribution in [0.4, 0.5) is 4.79 Å². The van der Waals surface area contributed by atoms with Crippen LogP contribution in [0.3, 0.4) is 0 Å². The predicted molar refractivity (Wildman–Crippen MR) is 114 cm³/mol. The Bertz CT molecular complexity index is 749. The van der Waals surface area contributed by atoms with E-state index in [1.807, 2.05) is 45.0 Å². The van der Waals surface area contributed by atoms with E-state index >= 15 is 0 Å². The third kappa shape index (κ3) is 8.01. The molecular weight excluding hydrogens is 352 g/mol. The van der Waals surface area contributed by atoms with E-state index in [0.717, 1.165) is 35.4 Å². The van der Waals surface area contributed by atoms with Crippen molar-refractivity contribution in [3.63, 3.8) is 0 Å². The van der Waals surface area contributed by atoms with E-state index in [0.29, 0.717) is 13.2 Å². The van der Waals surface area contributed by atoms with E-state index < -0.39 is 11.7 Å². The van der Waals surface area contributed by atoms with Crippen molar-refractivity contribution < 1.29 is 14.3 Å². The lowest BCUT2D eigenvalue weighted by molar-refractivity contribution is 0.0523. The summed E-state index contributed by atoms with van der Waals surface area (Å²) in [6.07, 6.45) is 0.590. The van der Waals surface area contributed by atoms with Gasteiger partial charge in [-0.3, -0.25) is 0 Å². The molecular formula is C23H32N2O3. The number of carbonyl (C=O) groups excluding carboxylic acids is 1. The highest BCUT2D eigenvalue weighted by molar-refractivity contribution is 5.68. The summed E-state index contributed by atoms with van der Waals surface area (Å²) in [6.45, 7) is 7.70. The second-order valence-electron chi connectivity index (χ2n) is 8.09. The molecule has 2 aromatic carbocycles. The molecule has 0 saturated heterocycles. The fraction of sp³-hybridized carbons (Fsp3) is 0.435. The summed E-state index contributed by atoms with van der Waals surface area (Å²) in [5.74, 6) is 0.881. The third-order valence-electron chi connectivity index (χ3n) is 3.98. The molecule has 2 aromatic rings. The standard InChI is InChI=1S/C23H32N2O3/c1-23(2,3)28-22(26)24-17-18-10-12-19(13-11-18)20-8-6-9-21(16-20)27-15-7-14-25(4)5/h6,8-13,16H,7,14-15,17H2,1-5H3,(H,24,26). The monoisotopic (exact) mass is 384 g/mol. The van der Waals surface area contributed by atoms with Gasteiger partial charge in [0.2, 0.25) is 0 Å². The Balaban J connectivity index is 1.90. The van der Waals surface area contributed by atoms with Crippen molar-refractivity contribution in [3.8, 4) is 16.9 Å². The van der Waals surface area contributed by atoms with E-state index in [1.165, 1.54) is 0 Å². The van der Waals surface area contributed by atoms with E-state index in [4.69, 9.17) is 9.47 Å². The Labute approximate surface area is 168 Å². The van der Waals surface area contributed by atoms with Crippen molar-refractivity contribution in [3.05, 3.63) is 54.1 Å². The summed E-state index contributed by atoms with van der Waals surface area (Å²) in [5.41, 5.74) is 2.75. The van der Waals surface area contributed by atoms with Crippen molar-refractivity contribution >= 4 is 6.09 Å². The molecule has 0 atom stereocenters. The third-order valence-corrected chi connectivity index (χ3v) is 3.98. The maximum Gasteiger partial charge on any atom is 0.407 e. The van der Waals surface area contributed by atoms with Gasteiger partial charge in [-0.05, 0) is 70.1 Å². The zero-order valence-electron chi connectivity index (χ0n) is 17.6. The zero-order chi connectivity index (χ0) is 20.6. The van der Waals surface area contributed by atoms with E-state index in [9.17, 15) is 4.79 Å². The van der Waals surface area contributed by atoms with Gasteiger partial charge in [-0.1, -0.05) is 36.4 Å². The minimum absolute atomic E-state index is 0.407. The van der Waals surface area contributed by atoms with E-state index in [2.05, 4.69) is 48.6 Å². The molecule has 5 heteroatoms. The summed E-state index contributed by atoms with van der Waals surface area (Å²) in [6, 6.07) is 16.3. The van der Waals surface area contributed by atoms with Gasteiger partial charge in [-0.2, -0.15) is 0 Å².